The second kappa shape index (κ2) is 6.29. The zero-order valence-electron chi connectivity index (χ0n) is 10.1. The van der Waals surface area contributed by atoms with E-state index < -0.39 is 0 Å². The van der Waals surface area contributed by atoms with Crippen molar-refractivity contribution in [3.63, 3.8) is 0 Å². The Kier molecular flexibility index (Phi) is 5.02. The third-order valence-electron chi connectivity index (χ3n) is 1.90. The minimum Gasteiger partial charge on any atom is -0.477 e. The monoisotopic (exact) mass is 258 g/mol. The number of aromatic nitrogens is 2. The van der Waals surface area contributed by atoms with Crippen LogP contribution in [0, 0.1) is 0 Å². The maximum atomic E-state index is 11.2. The van der Waals surface area contributed by atoms with E-state index in [4.69, 9.17) is 9.47 Å². The number of esters is 1. The fourth-order valence-electron chi connectivity index (χ4n) is 1.07. The Bertz CT molecular complexity index is 400. The molecular formula is C10H14N2O4S. The van der Waals surface area contributed by atoms with E-state index in [9.17, 15) is 4.79 Å². The van der Waals surface area contributed by atoms with Crippen LogP contribution in [0.15, 0.2) is 11.2 Å². The molecule has 1 rings (SSSR count). The van der Waals surface area contributed by atoms with Gasteiger partial charge in [0.2, 0.25) is 0 Å². The summed E-state index contributed by atoms with van der Waals surface area (Å²) >= 11 is 1.24. The highest BCUT2D eigenvalue weighted by molar-refractivity contribution is 8.00. The summed E-state index contributed by atoms with van der Waals surface area (Å²) in [5.74, 6) is 0.281. The van der Waals surface area contributed by atoms with E-state index >= 15 is 0 Å². The molecule has 94 valence electrons. The van der Waals surface area contributed by atoms with Crippen LogP contribution in [0.4, 0.5) is 0 Å². The van der Waals surface area contributed by atoms with Crippen LogP contribution in [0.2, 0.25) is 0 Å². The van der Waals surface area contributed by atoms with Crippen LogP contribution < -0.4 is 9.47 Å². The smallest absolute Gasteiger partial charge is 0.318 e. The zero-order chi connectivity index (χ0) is 12.8. The molecule has 17 heavy (non-hydrogen) atoms. The number of hydrogen-bond acceptors (Lipinski definition) is 7. The summed E-state index contributed by atoms with van der Waals surface area (Å²) < 4.78 is 14.6. The van der Waals surface area contributed by atoms with Crippen LogP contribution in [-0.4, -0.2) is 42.5 Å². The fourth-order valence-corrected chi connectivity index (χ4v) is 1.87. The molecule has 0 N–H and O–H groups in total. The first kappa shape index (κ1) is 13.6. The van der Waals surface area contributed by atoms with Gasteiger partial charge in [0.25, 0.3) is 11.8 Å². The predicted molar refractivity (Wildman–Crippen MR) is 62.5 cm³/mol. The van der Waals surface area contributed by atoms with E-state index in [1.807, 2.05) is 0 Å². The first-order valence-electron chi connectivity index (χ1n) is 4.81. The summed E-state index contributed by atoms with van der Waals surface area (Å²) in [4.78, 5) is 19.4. The minimum atomic E-state index is -0.354. The molecule has 0 bridgehead atoms. The third kappa shape index (κ3) is 3.48. The number of rotatable bonds is 5. The lowest BCUT2D eigenvalue weighted by molar-refractivity contribution is -0.139. The molecule has 1 atom stereocenters. The Balaban J connectivity index is 2.82. The quantitative estimate of drug-likeness (QED) is 0.579. The number of ether oxygens (including phenoxy) is 3. The SMILES string of the molecule is COC(=O)C(C)Sc1cnc(OC)c(OC)n1. The fraction of sp³-hybridized carbons (Fsp3) is 0.500. The van der Waals surface area contributed by atoms with Crippen molar-refractivity contribution in [3.05, 3.63) is 6.20 Å². The van der Waals surface area contributed by atoms with Crippen LogP contribution >= 0.6 is 11.8 Å². The normalized spacial score (nSPS) is 11.8. The van der Waals surface area contributed by atoms with Crippen molar-refractivity contribution in [2.24, 2.45) is 0 Å². The van der Waals surface area contributed by atoms with Crippen molar-refractivity contribution in [1.29, 1.82) is 0 Å². The highest BCUT2D eigenvalue weighted by Crippen LogP contribution is 2.27. The Morgan fingerprint density at radius 1 is 1.29 bits per heavy atom. The molecule has 0 saturated heterocycles. The number of hydrogen-bond donors (Lipinski definition) is 0. The summed E-state index contributed by atoms with van der Waals surface area (Å²) in [6.07, 6.45) is 1.52. The molecule has 0 fully saturated rings. The third-order valence-corrected chi connectivity index (χ3v) is 2.89. The number of thioether (sulfide) groups is 1. The Hall–Kier alpha value is -1.50. The first-order valence-corrected chi connectivity index (χ1v) is 5.69. The summed E-state index contributed by atoms with van der Waals surface area (Å²) in [6, 6.07) is 0. The second-order valence-corrected chi connectivity index (χ2v) is 4.37. The number of carbonyl (C=O) groups excluding carboxylic acids is 1. The molecule has 0 aromatic carbocycles. The van der Waals surface area contributed by atoms with Crippen molar-refractivity contribution in [2.45, 2.75) is 17.2 Å². The van der Waals surface area contributed by atoms with Crippen LogP contribution in [0.5, 0.6) is 11.8 Å². The zero-order valence-corrected chi connectivity index (χ0v) is 10.9. The Labute approximate surface area is 104 Å². The molecule has 0 aliphatic heterocycles. The second-order valence-electron chi connectivity index (χ2n) is 3.01. The topological polar surface area (TPSA) is 70.5 Å². The van der Waals surface area contributed by atoms with Crippen LogP contribution in [0.1, 0.15) is 6.92 Å². The molecule has 1 heterocycles. The van der Waals surface area contributed by atoms with E-state index in [1.165, 1.54) is 39.3 Å². The highest BCUT2D eigenvalue weighted by Gasteiger charge is 2.17. The molecule has 0 amide bonds. The van der Waals surface area contributed by atoms with Gasteiger partial charge in [-0.25, -0.2) is 9.97 Å². The van der Waals surface area contributed by atoms with Crippen LogP contribution in [-0.2, 0) is 9.53 Å². The lowest BCUT2D eigenvalue weighted by Crippen LogP contribution is -2.14. The summed E-state index contributed by atoms with van der Waals surface area (Å²) in [5, 5.41) is 0.216. The number of nitrogens with zero attached hydrogens (tertiary/aromatic N) is 2. The van der Waals surface area contributed by atoms with Crippen molar-refractivity contribution < 1.29 is 19.0 Å². The number of carbonyl (C=O) groups is 1. The lowest BCUT2D eigenvalue weighted by atomic mass is 10.5. The molecule has 1 aromatic heterocycles. The average molecular weight is 258 g/mol. The van der Waals surface area contributed by atoms with Crippen molar-refractivity contribution in [2.75, 3.05) is 21.3 Å². The van der Waals surface area contributed by atoms with E-state index in [0.717, 1.165) is 0 Å². The van der Waals surface area contributed by atoms with Crippen molar-refractivity contribution in [1.82, 2.24) is 9.97 Å². The summed E-state index contributed by atoms with van der Waals surface area (Å²) in [5.41, 5.74) is 0. The molecule has 0 radical (unpaired) electrons. The highest BCUT2D eigenvalue weighted by atomic mass is 32.2. The minimum absolute atomic E-state index is 0.287. The molecule has 6 nitrogen and oxygen atoms in total. The maximum absolute atomic E-state index is 11.2. The van der Waals surface area contributed by atoms with E-state index in [1.54, 1.807) is 6.92 Å². The van der Waals surface area contributed by atoms with Crippen LogP contribution in [0.25, 0.3) is 0 Å². The largest absolute Gasteiger partial charge is 0.477 e. The van der Waals surface area contributed by atoms with Gasteiger partial charge in [-0.1, -0.05) is 11.8 Å². The van der Waals surface area contributed by atoms with E-state index in [-0.39, 0.29) is 17.1 Å². The van der Waals surface area contributed by atoms with Gasteiger partial charge in [-0.15, -0.1) is 0 Å². The van der Waals surface area contributed by atoms with Crippen LogP contribution in [0.3, 0.4) is 0 Å². The van der Waals surface area contributed by atoms with E-state index in [2.05, 4.69) is 14.7 Å². The van der Waals surface area contributed by atoms with Gasteiger partial charge in [0.1, 0.15) is 10.3 Å². The molecular weight excluding hydrogens is 244 g/mol. The molecule has 0 aliphatic rings. The molecule has 0 spiro atoms. The Morgan fingerprint density at radius 2 is 1.94 bits per heavy atom. The molecule has 0 saturated carbocycles. The van der Waals surface area contributed by atoms with Gasteiger partial charge in [-0.2, -0.15) is 0 Å². The Morgan fingerprint density at radius 3 is 2.47 bits per heavy atom. The van der Waals surface area contributed by atoms with Crippen molar-refractivity contribution in [3.8, 4) is 11.8 Å². The summed E-state index contributed by atoms with van der Waals surface area (Å²) in [6.45, 7) is 1.73. The lowest BCUT2D eigenvalue weighted by Gasteiger charge is -2.09. The van der Waals surface area contributed by atoms with E-state index in [0.29, 0.717) is 10.9 Å². The molecule has 1 aromatic rings. The maximum Gasteiger partial charge on any atom is 0.318 e. The average Bonchev–Trinajstić information content (AvgIpc) is 2.37. The standard InChI is InChI=1S/C10H14N2O4S/c1-6(10(13)16-4)17-7-5-11-8(14-2)9(12-7)15-3/h5-6H,1-4H3. The van der Waals surface area contributed by atoms with Crippen molar-refractivity contribution >= 4 is 17.7 Å². The van der Waals surface area contributed by atoms with Gasteiger partial charge in [0, 0.05) is 0 Å². The summed E-state index contributed by atoms with van der Waals surface area (Å²) in [7, 11) is 4.31. The van der Waals surface area contributed by atoms with Gasteiger partial charge in [-0.3, -0.25) is 4.79 Å². The van der Waals surface area contributed by atoms with Gasteiger partial charge in [0.15, 0.2) is 0 Å². The van der Waals surface area contributed by atoms with Gasteiger partial charge in [0.05, 0.1) is 27.5 Å². The van der Waals surface area contributed by atoms with Gasteiger partial charge < -0.3 is 14.2 Å². The molecule has 7 heteroatoms. The van der Waals surface area contributed by atoms with Gasteiger partial charge in [-0.05, 0) is 6.92 Å². The van der Waals surface area contributed by atoms with Gasteiger partial charge >= 0.3 is 5.97 Å². The predicted octanol–water partition coefficient (Wildman–Crippen LogP) is 1.15. The number of methoxy groups -OCH3 is 3. The first-order chi connectivity index (χ1) is 8.12. The molecule has 1 unspecified atom stereocenters. The molecule has 0 aliphatic carbocycles.